The largest absolute Gasteiger partial charge is 0.378 e. The molecule has 0 atom stereocenters. The molecule has 0 aliphatic rings. The maximum Gasteiger partial charge on any atom is 0.373 e. The number of benzene rings is 1. The smallest absolute Gasteiger partial charge is 0.373 e. The van der Waals surface area contributed by atoms with Crippen molar-refractivity contribution in [2.24, 2.45) is 0 Å². The minimum atomic E-state index is -0.521. The number of hydrogen-bond donors (Lipinski definition) is 0. The number of hydrogen-bond acceptors (Lipinski definition) is 4. The van der Waals surface area contributed by atoms with Crippen molar-refractivity contribution in [2.45, 2.75) is 13.3 Å². The fourth-order valence-electron chi connectivity index (χ4n) is 1.00. The van der Waals surface area contributed by atoms with Crippen LogP contribution in [0, 0.1) is 6.61 Å². The van der Waals surface area contributed by atoms with Crippen LogP contribution >= 0.6 is 0 Å². The van der Waals surface area contributed by atoms with E-state index in [0.717, 1.165) is 6.42 Å². The van der Waals surface area contributed by atoms with Crippen molar-refractivity contribution in [1.29, 1.82) is 0 Å². The minimum Gasteiger partial charge on any atom is -0.378 e. The lowest BCUT2D eigenvalue weighted by atomic mass is 10.2. The summed E-state index contributed by atoms with van der Waals surface area (Å²) < 4.78 is 5.10. The van der Waals surface area contributed by atoms with Crippen LogP contribution in [0.2, 0.25) is 0 Å². The summed E-state index contributed by atoms with van der Waals surface area (Å²) in [4.78, 5) is 20.5. The summed E-state index contributed by atoms with van der Waals surface area (Å²) in [6.45, 7) is 4.27. The molecule has 0 heterocycles. The fraction of sp³-hybridized carbons (Fsp3) is 0.333. The second kappa shape index (κ2) is 7.84. The van der Waals surface area contributed by atoms with E-state index in [4.69, 9.17) is 4.74 Å². The highest BCUT2D eigenvalue weighted by Gasteiger charge is 2.06. The van der Waals surface area contributed by atoms with Crippen LogP contribution in [0.25, 0.3) is 0 Å². The van der Waals surface area contributed by atoms with E-state index in [2.05, 4.69) is 9.78 Å². The molecule has 0 bridgehead atoms. The Morgan fingerprint density at radius 1 is 1.31 bits per heavy atom. The summed E-state index contributed by atoms with van der Waals surface area (Å²) in [7, 11) is 0. The molecular weight excluding hydrogens is 208 g/mol. The zero-order chi connectivity index (χ0) is 11.6. The quantitative estimate of drug-likeness (QED) is 0.404. The van der Waals surface area contributed by atoms with Crippen molar-refractivity contribution >= 4 is 5.97 Å². The Balaban J connectivity index is 2.12. The van der Waals surface area contributed by atoms with Crippen molar-refractivity contribution in [3.63, 3.8) is 0 Å². The molecule has 1 rings (SSSR count). The topological polar surface area (TPSA) is 44.8 Å². The van der Waals surface area contributed by atoms with Gasteiger partial charge in [-0.25, -0.2) is 4.79 Å². The maximum atomic E-state index is 11.3. The first kappa shape index (κ1) is 12.7. The van der Waals surface area contributed by atoms with E-state index in [1.54, 1.807) is 24.3 Å². The summed E-state index contributed by atoms with van der Waals surface area (Å²) in [5.41, 5.74) is 0.449. The number of carbonyl (C=O) groups is 1. The van der Waals surface area contributed by atoms with Gasteiger partial charge in [0.15, 0.2) is 6.61 Å². The van der Waals surface area contributed by atoms with Gasteiger partial charge in [0, 0.05) is 6.61 Å². The van der Waals surface area contributed by atoms with Crippen LogP contribution in [0.5, 0.6) is 0 Å². The second-order valence-electron chi connectivity index (χ2n) is 3.07. The molecule has 1 aromatic carbocycles. The Labute approximate surface area is 95.1 Å². The summed E-state index contributed by atoms with van der Waals surface area (Å²) in [6.07, 6.45) is 0.942. The third-order valence-electron chi connectivity index (χ3n) is 1.74. The monoisotopic (exact) mass is 223 g/mol. The van der Waals surface area contributed by atoms with Gasteiger partial charge in [0.1, 0.15) is 0 Å². The highest BCUT2D eigenvalue weighted by molar-refractivity contribution is 5.88. The van der Waals surface area contributed by atoms with Crippen LogP contribution in [0.3, 0.4) is 0 Å². The fourth-order valence-corrected chi connectivity index (χ4v) is 1.00. The molecule has 0 unspecified atom stereocenters. The standard InChI is InChI=1S/C12H15O4/c1-2-8-14-9-10-15-16-12(13)11-6-4-3-5-7-11/h3-7,10H,2,8-9H2,1H3. The molecule has 0 spiro atoms. The first-order valence-corrected chi connectivity index (χ1v) is 5.16. The van der Waals surface area contributed by atoms with Gasteiger partial charge in [0.2, 0.25) is 0 Å². The highest BCUT2D eigenvalue weighted by Crippen LogP contribution is 2.01. The van der Waals surface area contributed by atoms with Crippen molar-refractivity contribution in [2.75, 3.05) is 13.2 Å². The van der Waals surface area contributed by atoms with Crippen LogP contribution in [0.1, 0.15) is 23.7 Å². The van der Waals surface area contributed by atoms with Crippen LogP contribution in [-0.4, -0.2) is 19.2 Å². The van der Waals surface area contributed by atoms with E-state index in [-0.39, 0.29) is 0 Å². The Morgan fingerprint density at radius 2 is 2.06 bits per heavy atom. The lowest BCUT2D eigenvalue weighted by Crippen LogP contribution is -2.07. The maximum absolute atomic E-state index is 11.3. The molecule has 4 heteroatoms. The Morgan fingerprint density at radius 3 is 2.75 bits per heavy atom. The van der Waals surface area contributed by atoms with Crippen molar-refractivity contribution < 1.29 is 19.3 Å². The van der Waals surface area contributed by atoms with E-state index in [0.29, 0.717) is 18.8 Å². The molecule has 4 nitrogen and oxygen atoms in total. The van der Waals surface area contributed by atoms with Gasteiger partial charge in [0.05, 0.1) is 12.2 Å². The molecular formula is C12H15O4. The number of carbonyl (C=O) groups excluding carboxylic acids is 1. The van der Waals surface area contributed by atoms with Crippen LogP contribution in [0.15, 0.2) is 30.3 Å². The minimum absolute atomic E-state index is 0.301. The SMILES string of the molecule is CCCOC[CH]OOC(=O)c1ccccc1. The summed E-state index contributed by atoms with van der Waals surface area (Å²) >= 11 is 0. The predicted octanol–water partition coefficient (Wildman–Crippen LogP) is 2.36. The van der Waals surface area contributed by atoms with E-state index in [1.807, 2.05) is 13.0 Å². The molecule has 0 aromatic heterocycles. The Bertz CT molecular complexity index is 297. The molecule has 0 amide bonds. The summed E-state index contributed by atoms with van der Waals surface area (Å²) in [6, 6.07) is 8.64. The van der Waals surface area contributed by atoms with Gasteiger partial charge in [-0.3, -0.25) is 4.89 Å². The molecule has 0 saturated heterocycles. The van der Waals surface area contributed by atoms with Crippen LogP contribution in [0.4, 0.5) is 0 Å². The van der Waals surface area contributed by atoms with E-state index in [9.17, 15) is 4.79 Å². The third-order valence-corrected chi connectivity index (χ3v) is 1.74. The van der Waals surface area contributed by atoms with Gasteiger partial charge >= 0.3 is 5.97 Å². The van der Waals surface area contributed by atoms with Gasteiger partial charge in [-0.05, 0) is 18.6 Å². The normalized spacial score (nSPS) is 10.1. The van der Waals surface area contributed by atoms with Gasteiger partial charge in [0.25, 0.3) is 0 Å². The first-order chi connectivity index (χ1) is 7.84. The Kier molecular flexibility index (Phi) is 6.22. The van der Waals surface area contributed by atoms with Gasteiger partial charge in [-0.15, -0.1) is 0 Å². The van der Waals surface area contributed by atoms with Crippen molar-refractivity contribution in [3.8, 4) is 0 Å². The molecule has 1 radical (unpaired) electrons. The molecule has 0 aliphatic heterocycles. The van der Waals surface area contributed by atoms with Crippen molar-refractivity contribution in [3.05, 3.63) is 42.5 Å². The van der Waals surface area contributed by atoms with Gasteiger partial charge in [-0.1, -0.05) is 25.1 Å². The lowest BCUT2D eigenvalue weighted by molar-refractivity contribution is -0.218. The predicted molar refractivity (Wildman–Crippen MR) is 58.4 cm³/mol. The zero-order valence-corrected chi connectivity index (χ0v) is 9.22. The molecule has 87 valence electrons. The second-order valence-corrected chi connectivity index (χ2v) is 3.07. The van der Waals surface area contributed by atoms with Gasteiger partial charge < -0.3 is 4.74 Å². The van der Waals surface area contributed by atoms with E-state index < -0.39 is 5.97 Å². The first-order valence-electron chi connectivity index (χ1n) is 5.16. The van der Waals surface area contributed by atoms with Crippen molar-refractivity contribution in [1.82, 2.24) is 0 Å². The number of ether oxygens (including phenoxy) is 1. The average Bonchev–Trinajstić information content (AvgIpc) is 2.34. The van der Waals surface area contributed by atoms with E-state index in [1.165, 1.54) is 6.61 Å². The molecule has 0 fully saturated rings. The summed E-state index contributed by atoms with van der Waals surface area (Å²) in [5.74, 6) is -0.521. The zero-order valence-electron chi connectivity index (χ0n) is 9.22. The molecule has 0 saturated carbocycles. The van der Waals surface area contributed by atoms with E-state index >= 15 is 0 Å². The molecule has 0 aliphatic carbocycles. The molecule has 1 aromatic rings. The van der Waals surface area contributed by atoms with Crippen LogP contribution < -0.4 is 0 Å². The lowest BCUT2D eigenvalue weighted by Gasteiger charge is -2.03. The summed E-state index contributed by atoms with van der Waals surface area (Å²) in [5, 5.41) is 0. The highest BCUT2D eigenvalue weighted by atomic mass is 17.2. The average molecular weight is 223 g/mol. The van der Waals surface area contributed by atoms with Gasteiger partial charge in [-0.2, -0.15) is 4.89 Å². The van der Waals surface area contributed by atoms with Crippen LogP contribution in [-0.2, 0) is 14.5 Å². The Hall–Kier alpha value is -1.39. The molecule has 16 heavy (non-hydrogen) atoms. The number of rotatable bonds is 7. The molecule has 0 N–H and O–H groups in total. The third kappa shape index (κ3) is 4.91.